The molecule has 5 heteroatoms. The van der Waals surface area contributed by atoms with Gasteiger partial charge in [-0.05, 0) is 30.7 Å². The second-order valence-corrected chi connectivity index (χ2v) is 4.34. The first kappa shape index (κ1) is 12.4. The number of hydrogen-bond donors (Lipinski definition) is 3. The maximum Gasteiger partial charge on any atom is 0.251 e. The molecule has 1 unspecified atom stereocenters. The summed E-state index contributed by atoms with van der Waals surface area (Å²) in [5.41, 5.74) is 1.60. The van der Waals surface area contributed by atoms with Gasteiger partial charge in [0.15, 0.2) is 0 Å². The number of carbonyl (C=O) groups is 2. The quantitative estimate of drug-likeness (QED) is 0.737. The van der Waals surface area contributed by atoms with Crippen LogP contribution in [0.3, 0.4) is 0 Å². The number of hydrogen-bond acceptors (Lipinski definition) is 3. The van der Waals surface area contributed by atoms with Crippen molar-refractivity contribution < 1.29 is 9.59 Å². The summed E-state index contributed by atoms with van der Waals surface area (Å²) in [5.74, 6) is -0.0438. The zero-order valence-corrected chi connectivity index (χ0v) is 10.3. The van der Waals surface area contributed by atoms with E-state index in [0.717, 1.165) is 5.69 Å². The lowest BCUT2D eigenvalue weighted by molar-refractivity contribution is -0.122. The summed E-state index contributed by atoms with van der Waals surface area (Å²) in [6.45, 7) is 0.513. The molecule has 1 aromatic rings. The second-order valence-electron chi connectivity index (χ2n) is 4.34. The van der Waals surface area contributed by atoms with E-state index in [1.165, 1.54) is 0 Å². The van der Waals surface area contributed by atoms with Crippen LogP contribution in [0, 0.1) is 0 Å². The van der Waals surface area contributed by atoms with E-state index in [0.29, 0.717) is 24.9 Å². The molecule has 0 aliphatic carbocycles. The van der Waals surface area contributed by atoms with Gasteiger partial charge < -0.3 is 16.0 Å². The Morgan fingerprint density at radius 2 is 2.06 bits per heavy atom. The Bertz CT molecular complexity index is 432. The normalized spacial score (nSPS) is 18.9. The van der Waals surface area contributed by atoms with E-state index < -0.39 is 0 Å². The molecule has 2 rings (SSSR count). The fraction of sp³-hybridized carbons (Fsp3) is 0.385. The van der Waals surface area contributed by atoms with Gasteiger partial charge in [0.2, 0.25) is 5.91 Å². The molecule has 96 valence electrons. The molecule has 1 saturated heterocycles. The lowest BCUT2D eigenvalue weighted by atomic mass is 10.1. The van der Waals surface area contributed by atoms with Crippen molar-refractivity contribution in [2.45, 2.75) is 18.9 Å². The molecule has 1 atom stereocenters. The standard InChI is InChI=1S/C13H17N3O2/c1-14-10-4-2-9(3-5-10)13(18)16-11-6-7-12(17)15-8-11/h2-5,11,14H,6-8H2,1H3,(H,15,17)(H,16,18). The summed E-state index contributed by atoms with van der Waals surface area (Å²) in [6.07, 6.45) is 1.18. The first-order valence-electron chi connectivity index (χ1n) is 6.04. The minimum Gasteiger partial charge on any atom is -0.388 e. The minimum atomic E-state index is -0.0983. The highest BCUT2D eigenvalue weighted by Crippen LogP contribution is 2.09. The van der Waals surface area contributed by atoms with Gasteiger partial charge in [0, 0.05) is 37.3 Å². The molecule has 0 aromatic heterocycles. The van der Waals surface area contributed by atoms with Gasteiger partial charge >= 0.3 is 0 Å². The molecule has 5 nitrogen and oxygen atoms in total. The minimum absolute atomic E-state index is 0.0270. The largest absolute Gasteiger partial charge is 0.388 e. The van der Waals surface area contributed by atoms with Gasteiger partial charge in [-0.1, -0.05) is 0 Å². The maximum absolute atomic E-state index is 11.9. The van der Waals surface area contributed by atoms with Gasteiger partial charge in [0.25, 0.3) is 5.91 Å². The monoisotopic (exact) mass is 247 g/mol. The number of rotatable bonds is 3. The molecule has 1 fully saturated rings. The lowest BCUT2D eigenvalue weighted by Gasteiger charge is -2.23. The van der Waals surface area contributed by atoms with Crippen LogP contribution in [0.4, 0.5) is 5.69 Å². The molecule has 18 heavy (non-hydrogen) atoms. The van der Waals surface area contributed by atoms with E-state index in [9.17, 15) is 9.59 Å². The van der Waals surface area contributed by atoms with E-state index in [2.05, 4.69) is 16.0 Å². The number of nitrogens with one attached hydrogen (secondary N) is 3. The maximum atomic E-state index is 11.9. The van der Waals surface area contributed by atoms with Crippen molar-refractivity contribution in [1.82, 2.24) is 10.6 Å². The van der Waals surface area contributed by atoms with Crippen LogP contribution in [0.5, 0.6) is 0 Å². The van der Waals surface area contributed by atoms with Gasteiger partial charge in [-0.15, -0.1) is 0 Å². The number of carbonyl (C=O) groups excluding carboxylic acids is 2. The van der Waals surface area contributed by atoms with Crippen molar-refractivity contribution in [3.8, 4) is 0 Å². The first-order chi connectivity index (χ1) is 8.69. The molecule has 3 N–H and O–H groups in total. The molecule has 1 aliphatic heterocycles. The summed E-state index contributed by atoms with van der Waals surface area (Å²) in [7, 11) is 1.83. The molecule has 0 bridgehead atoms. The van der Waals surface area contributed by atoms with E-state index in [4.69, 9.17) is 0 Å². The number of anilines is 1. The molecular weight excluding hydrogens is 230 g/mol. The van der Waals surface area contributed by atoms with E-state index in [1.807, 2.05) is 19.2 Å². The molecule has 2 amide bonds. The first-order valence-corrected chi connectivity index (χ1v) is 6.04. The molecular formula is C13H17N3O2. The van der Waals surface area contributed by atoms with Crippen molar-refractivity contribution in [3.05, 3.63) is 29.8 Å². The summed E-state index contributed by atoms with van der Waals surface area (Å²) in [4.78, 5) is 23.0. The Morgan fingerprint density at radius 1 is 1.33 bits per heavy atom. The molecule has 0 radical (unpaired) electrons. The SMILES string of the molecule is CNc1ccc(C(=O)NC2CCC(=O)NC2)cc1. The fourth-order valence-electron chi connectivity index (χ4n) is 1.91. The Kier molecular flexibility index (Phi) is 3.82. The van der Waals surface area contributed by atoms with Crippen molar-refractivity contribution in [3.63, 3.8) is 0 Å². The number of amides is 2. The average Bonchev–Trinajstić information content (AvgIpc) is 2.41. The van der Waals surface area contributed by atoms with Gasteiger partial charge in [-0.2, -0.15) is 0 Å². The Balaban J connectivity index is 1.92. The van der Waals surface area contributed by atoms with Crippen LogP contribution in [0.2, 0.25) is 0 Å². The summed E-state index contributed by atoms with van der Waals surface area (Å²) < 4.78 is 0. The molecule has 1 heterocycles. The van der Waals surface area contributed by atoms with Gasteiger partial charge in [0.05, 0.1) is 0 Å². The summed E-state index contributed by atoms with van der Waals surface area (Å²) in [6, 6.07) is 7.31. The Morgan fingerprint density at radius 3 is 2.61 bits per heavy atom. The van der Waals surface area contributed by atoms with Gasteiger partial charge in [-0.25, -0.2) is 0 Å². The van der Waals surface area contributed by atoms with E-state index in [-0.39, 0.29) is 17.9 Å². The zero-order chi connectivity index (χ0) is 13.0. The van der Waals surface area contributed by atoms with E-state index in [1.54, 1.807) is 12.1 Å². The second kappa shape index (κ2) is 5.53. The van der Waals surface area contributed by atoms with Gasteiger partial charge in [-0.3, -0.25) is 9.59 Å². The topological polar surface area (TPSA) is 70.2 Å². The van der Waals surface area contributed by atoms with Crippen molar-refractivity contribution in [2.24, 2.45) is 0 Å². The van der Waals surface area contributed by atoms with Crippen LogP contribution in [0.15, 0.2) is 24.3 Å². The van der Waals surface area contributed by atoms with Crippen LogP contribution in [0.25, 0.3) is 0 Å². The van der Waals surface area contributed by atoms with Crippen molar-refractivity contribution in [1.29, 1.82) is 0 Å². The lowest BCUT2D eigenvalue weighted by Crippen LogP contribution is -2.47. The smallest absolute Gasteiger partial charge is 0.251 e. The highest BCUT2D eigenvalue weighted by Gasteiger charge is 2.19. The molecule has 1 aliphatic rings. The fourth-order valence-corrected chi connectivity index (χ4v) is 1.91. The third kappa shape index (κ3) is 3.00. The van der Waals surface area contributed by atoms with Crippen LogP contribution < -0.4 is 16.0 Å². The summed E-state index contributed by atoms with van der Waals surface area (Å²) >= 11 is 0. The van der Waals surface area contributed by atoms with Crippen LogP contribution >= 0.6 is 0 Å². The zero-order valence-electron chi connectivity index (χ0n) is 10.3. The highest BCUT2D eigenvalue weighted by molar-refractivity contribution is 5.94. The van der Waals surface area contributed by atoms with Crippen molar-refractivity contribution >= 4 is 17.5 Å². The molecule has 1 aromatic carbocycles. The van der Waals surface area contributed by atoms with E-state index >= 15 is 0 Å². The van der Waals surface area contributed by atoms with Crippen LogP contribution in [-0.2, 0) is 4.79 Å². The number of benzene rings is 1. The highest BCUT2D eigenvalue weighted by atomic mass is 16.2. The van der Waals surface area contributed by atoms with Gasteiger partial charge in [0.1, 0.15) is 0 Å². The number of piperidine rings is 1. The Labute approximate surface area is 106 Å². The molecule has 0 spiro atoms. The van der Waals surface area contributed by atoms with Crippen LogP contribution in [-0.4, -0.2) is 31.4 Å². The predicted molar refractivity (Wildman–Crippen MR) is 69.5 cm³/mol. The third-order valence-corrected chi connectivity index (χ3v) is 3.04. The third-order valence-electron chi connectivity index (χ3n) is 3.04. The average molecular weight is 247 g/mol. The predicted octanol–water partition coefficient (Wildman–Crippen LogP) is 0.737. The summed E-state index contributed by atoms with van der Waals surface area (Å²) in [5, 5.41) is 8.66. The Hall–Kier alpha value is -2.04. The molecule has 0 saturated carbocycles. The van der Waals surface area contributed by atoms with Crippen molar-refractivity contribution in [2.75, 3.05) is 18.9 Å². The van der Waals surface area contributed by atoms with Crippen LogP contribution in [0.1, 0.15) is 23.2 Å².